The number of thioether (sulfide) groups is 1. The van der Waals surface area contributed by atoms with Gasteiger partial charge >= 0.3 is 0 Å². The van der Waals surface area contributed by atoms with E-state index in [0.29, 0.717) is 16.7 Å². The van der Waals surface area contributed by atoms with Crippen LogP contribution in [0.15, 0.2) is 52.2 Å². The zero-order chi connectivity index (χ0) is 17.6. The minimum absolute atomic E-state index is 0.0372. The highest BCUT2D eigenvalue weighted by Gasteiger charge is 2.13. The molecule has 1 amide bonds. The summed E-state index contributed by atoms with van der Waals surface area (Å²) < 4.78 is 5.25. The Hall–Kier alpha value is -2.54. The molecule has 7 heteroatoms. The summed E-state index contributed by atoms with van der Waals surface area (Å²) >= 11 is 1.28. The summed E-state index contributed by atoms with van der Waals surface area (Å²) in [5, 5.41) is 10.4. The van der Waals surface area contributed by atoms with E-state index in [1.54, 1.807) is 18.4 Å². The van der Waals surface area contributed by atoms with Crippen LogP contribution in [0, 0.1) is 0 Å². The zero-order valence-corrected chi connectivity index (χ0v) is 15.0. The lowest BCUT2D eigenvalue weighted by molar-refractivity contribution is -0.119. The highest BCUT2D eigenvalue weighted by molar-refractivity contribution is 7.99. The number of benzene rings is 1. The number of H-pyrrole nitrogens is 1. The van der Waals surface area contributed by atoms with Gasteiger partial charge in [0.2, 0.25) is 11.1 Å². The first kappa shape index (κ1) is 17.3. The van der Waals surface area contributed by atoms with Crippen molar-refractivity contribution < 1.29 is 9.21 Å². The quantitative estimate of drug-likeness (QED) is 0.632. The number of hydrogen-bond donors (Lipinski definition) is 2. The number of rotatable bonds is 7. The second-order valence-electron chi connectivity index (χ2n) is 5.62. The first-order chi connectivity index (χ1) is 12.2. The number of nitrogens with one attached hydrogen (secondary N) is 2. The highest BCUT2D eigenvalue weighted by Crippen LogP contribution is 2.20. The lowest BCUT2D eigenvalue weighted by Crippen LogP contribution is -2.28. The van der Waals surface area contributed by atoms with Crippen LogP contribution in [0.4, 0.5) is 0 Å². The maximum atomic E-state index is 12.1. The van der Waals surface area contributed by atoms with Crippen molar-refractivity contribution in [2.45, 2.75) is 31.5 Å². The number of furan rings is 1. The van der Waals surface area contributed by atoms with E-state index in [1.165, 1.54) is 17.3 Å². The van der Waals surface area contributed by atoms with Crippen molar-refractivity contribution in [3.8, 4) is 11.6 Å². The molecular weight excluding hydrogens is 336 g/mol. The molecule has 2 aromatic heterocycles. The minimum atomic E-state index is -0.0542. The van der Waals surface area contributed by atoms with Gasteiger partial charge in [0.1, 0.15) is 0 Å². The number of hydrogen-bond acceptors (Lipinski definition) is 5. The molecule has 0 unspecified atom stereocenters. The smallest absolute Gasteiger partial charge is 0.230 e. The summed E-state index contributed by atoms with van der Waals surface area (Å²) in [5.41, 5.74) is 2.38. The fourth-order valence-corrected chi connectivity index (χ4v) is 2.98. The van der Waals surface area contributed by atoms with Gasteiger partial charge < -0.3 is 9.73 Å². The second-order valence-corrected chi connectivity index (χ2v) is 6.56. The molecule has 0 saturated heterocycles. The van der Waals surface area contributed by atoms with Crippen LogP contribution in [0.3, 0.4) is 0 Å². The Kier molecular flexibility index (Phi) is 5.55. The molecule has 2 heterocycles. The molecule has 3 aromatic rings. The first-order valence-electron chi connectivity index (χ1n) is 8.13. The van der Waals surface area contributed by atoms with E-state index in [2.05, 4.69) is 51.7 Å². The molecule has 0 saturated carbocycles. The molecule has 6 nitrogen and oxygen atoms in total. The molecule has 0 aliphatic heterocycles. The number of carbonyl (C=O) groups excluding carboxylic acids is 1. The van der Waals surface area contributed by atoms with Crippen molar-refractivity contribution in [3.05, 3.63) is 53.8 Å². The number of carbonyl (C=O) groups is 1. The third-order valence-electron chi connectivity index (χ3n) is 3.82. The number of aromatic nitrogens is 3. The molecule has 0 radical (unpaired) electrons. The summed E-state index contributed by atoms with van der Waals surface area (Å²) in [6.45, 7) is 4.10. The van der Waals surface area contributed by atoms with Crippen LogP contribution in [0.2, 0.25) is 0 Å². The average molecular weight is 356 g/mol. The maximum absolute atomic E-state index is 12.1. The van der Waals surface area contributed by atoms with E-state index in [0.717, 1.165) is 12.0 Å². The Morgan fingerprint density at radius 2 is 2.12 bits per heavy atom. The molecule has 2 N–H and O–H groups in total. The predicted octanol–water partition coefficient (Wildman–Crippen LogP) is 3.60. The fraction of sp³-hybridized carbons (Fsp3) is 0.278. The van der Waals surface area contributed by atoms with Crippen LogP contribution in [-0.2, 0) is 11.2 Å². The molecular formula is C18H20N4O2S. The molecule has 1 atom stereocenters. The van der Waals surface area contributed by atoms with Crippen molar-refractivity contribution in [1.82, 2.24) is 20.5 Å². The Labute approximate surface area is 150 Å². The Morgan fingerprint density at radius 3 is 2.80 bits per heavy atom. The number of amides is 1. The van der Waals surface area contributed by atoms with Crippen LogP contribution in [0.25, 0.3) is 11.6 Å². The summed E-state index contributed by atoms with van der Waals surface area (Å²) in [4.78, 5) is 16.4. The van der Waals surface area contributed by atoms with E-state index in [9.17, 15) is 4.79 Å². The molecule has 0 aliphatic carbocycles. The average Bonchev–Trinajstić information content (AvgIpc) is 3.31. The molecule has 0 aliphatic rings. The van der Waals surface area contributed by atoms with Gasteiger partial charge in [-0.2, -0.15) is 4.98 Å². The van der Waals surface area contributed by atoms with Crippen molar-refractivity contribution in [2.75, 3.05) is 5.75 Å². The Balaban J connectivity index is 1.50. The van der Waals surface area contributed by atoms with Gasteiger partial charge in [-0.25, -0.2) is 0 Å². The van der Waals surface area contributed by atoms with Gasteiger partial charge in [0, 0.05) is 0 Å². The molecule has 130 valence electrons. The maximum Gasteiger partial charge on any atom is 0.230 e. The van der Waals surface area contributed by atoms with Crippen LogP contribution in [0.5, 0.6) is 0 Å². The van der Waals surface area contributed by atoms with Crippen LogP contribution in [0.1, 0.15) is 31.0 Å². The molecule has 3 rings (SSSR count). The monoisotopic (exact) mass is 356 g/mol. The molecule has 1 aromatic carbocycles. The second kappa shape index (κ2) is 8.02. The van der Waals surface area contributed by atoms with Gasteiger partial charge in [0.05, 0.1) is 18.1 Å². The summed E-state index contributed by atoms with van der Waals surface area (Å²) in [6.07, 6.45) is 2.58. The van der Waals surface area contributed by atoms with Crippen molar-refractivity contribution in [1.29, 1.82) is 0 Å². The number of aromatic amines is 1. The lowest BCUT2D eigenvalue weighted by Gasteiger charge is -2.14. The van der Waals surface area contributed by atoms with E-state index >= 15 is 0 Å². The van der Waals surface area contributed by atoms with Gasteiger partial charge in [0.15, 0.2) is 11.6 Å². The van der Waals surface area contributed by atoms with Gasteiger partial charge in [-0.1, -0.05) is 43.0 Å². The van der Waals surface area contributed by atoms with Gasteiger partial charge in [-0.05, 0) is 36.6 Å². The van der Waals surface area contributed by atoms with Crippen LogP contribution >= 0.6 is 11.8 Å². The van der Waals surface area contributed by atoms with E-state index in [-0.39, 0.29) is 17.7 Å². The number of nitrogens with zero attached hydrogens (tertiary/aromatic N) is 2. The summed E-state index contributed by atoms with van der Waals surface area (Å²) in [5.74, 6) is 1.37. The third-order valence-corrected chi connectivity index (χ3v) is 4.66. The lowest BCUT2D eigenvalue weighted by atomic mass is 10.1. The normalized spacial score (nSPS) is 12.1. The third kappa shape index (κ3) is 4.51. The first-order valence-corrected chi connectivity index (χ1v) is 9.11. The van der Waals surface area contributed by atoms with Crippen molar-refractivity contribution in [3.63, 3.8) is 0 Å². The summed E-state index contributed by atoms with van der Waals surface area (Å²) in [6, 6.07) is 11.8. The van der Waals surface area contributed by atoms with Crippen LogP contribution in [-0.4, -0.2) is 26.8 Å². The van der Waals surface area contributed by atoms with Crippen molar-refractivity contribution in [2.24, 2.45) is 0 Å². The van der Waals surface area contributed by atoms with Crippen LogP contribution < -0.4 is 5.32 Å². The molecule has 0 bridgehead atoms. The highest BCUT2D eigenvalue weighted by atomic mass is 32.2. The SMILES string of the molecule is CCc1ccc([C@@H](C)NC(=O)CSc2n[nH]c(-c3ccco3)n2)cc1. The number of aryl methyl sites for hydroxylation is 1. The van der Waals surface area contributed by atoms with E-state index in [4.69, 9.17) is 4.42 Å². The van der Waals surface area contributed by atoms with E-state index < -0.39 is 0 Å². The van der Waals surface area contributed by atoms with E-state index in [1.807, 2.05) is 6.92 Å². The van der Waals surface area contributed by atoms with Gasteiger partial charge in [-0.15, -0.1) is 5.10 Å². The zero-order valence-electron chi connectivity index (χ0n) is 14.2. The topological polar surface area (TPSA) is 83.8 Å². The Bertz CT molecular complexity index is 812. The van der Waals surface area contributed by atoms with Gasteiger partial charge in [0.25, 0.3) is 0 Å². The summed E-state index contributed by atoms with van der Waals surface area (Å²) in [7, 11) is 0. The largest absolute Gasteiger partial charge is 0.461 e. The van der Waals surface area contributed by atoms with Gasteiger partial charge in [-0.3, -0.25) is 9.89 Å². The molecule has 0 fully saturated rings. The molecule has 25 heavy (non-hydrogen) atoms. The Morgan fingerprint density at radius 1 is 1.32 bits per heavy atom. The fourth-order valence-electron chi connectivity index (χ4n) is 2.37. The molecule has 0 spiro atoms. The minimum Gasteiger partial charge on any atom is -0.461 e. The van der Waals surface area contributed by atoms with Crippen molar-refractivity contribution >= 4 is 17.7 Å². The standard InChI is InChI=1S/C18H20N4O2S/c1-3-13-6-8-14(9-7-13)12(2)19-16(23)11-25-18-20-17(21-22-18)15-5-4-10-24-15/h4-10,12H,3,11H2,1-2H3,(H,19,23)(H,20,21,22)/t12-/m1/s1. The predicted molar refractivity (Wildman–Crippen MR) is 97.2 cm³/mol.